The zero-order valence-corrected chi connectivity index (χ0v) is 13.2. The van der Waals surface area contributed by atoms with E-state index >= 15 is 0 Å². The Morgan fingerprint density at radius 2 is 2.14 bits per heavy atom. The second kappa shape index (κ2) is 7.38. The number of nitrogens with zero attached hydrogens (tertiary/aromatic N) is 2. The van der Waals surface area contributed by atoms with Crippen LogP contribution in [0.25, 0.3) is 0 Å². The molecule has 1 heterocycles. The lowest BCUT2D eigenvalue weighted by Crippen LogP contribution is -2.38. The second-order valence-electron chi connectivity index (χ2n) is 5.90. The Bertz CT molecular complexity index is 477. The van der Waals surface area contributed by atoms with Crippen LogP contribution in [0.15, 0.2) is 12.4 Å². The summed E-state index contributed by atoms with van der Waals surface area (Å²) in [6, 6.07) is 0.261. The van der Waals surface area contributed by atoms with Crippen molar-refractivity contribution in [3.63, 3.8) is 0 Å². The first-order valence-corrected chi connectivity index (χ1v) is 8.02. The minimum atomic E-state index is -0.115. The van der Waals surface area contributed by atoms with E-state index in [0.29, 0.717) is 17.4 Å². The average Bonchev–Trinajstić information content (AvgIpc) is 2.86. The van der Waals surface area contributed by atoms with E-state index in [1.807, 2.05) is 0 Å². The third kappa shape index (κ3) is 3.93. The predicted octanol–water partition coefficient (Wildman–Crippen LogP) is 2.85. The van der Waals surface area contributed by atoms with Crippen molar-refractivity contribution in [1.82, 2.24) is 15.3 Å². The van der Waals surface area contributed by atoms with E-state index in [1.54, 1.807) is 6.20 Å². The van der Waals surface area contributed by atoms with E-state index < -0.39 is 0 Å². The molecule has 0 radical (unpaired) electrons. The van der Waals surface area contributed by atoms with Crippen LogP contribution in [0.5, 0.6) is 0 Å². The lowest BCUT2D eigenvalue weighted by Gasteiger charge is -2.20. The van der Waals surface area contributed by atoms with Crippen molar-refractivity contribution in [3.8, 4) is 0 Å². The molecule has 1 aliphatic carbocycles. The molecule has 1 saturated carbocycles. The van der Waals surface area contributed by atoms with Gasteiger partial charge in [0.15, 0.2) is 0 Å². The first-order chi connectivity index (χ1) is 10.2. The molecule has 0 aromatic carbocycles. The van der Waals surface area contributed by atoms with Crippen molar-refractivity contribution in [2.24, 2.45) is 11.8 Å². The van der Waals surface area contributed by atoms with Gasteiger partial charge < -0.3 is 10.6 Å². The van der Waals surface area contributed by atoms with Gasteiger partial charge in [-0.25, -0.2) is 4.98 Å². The molecule has 0 bridgehead atoms. The largest absolute Gasteiger partial charge is 0.369 e. The molecule has 1 aromatic heterocycles. The Hall–Kier alpha value is -1.65. The van der Waals surface area contributed by atoms with Gasteiger partial charge in [-0.15, -0.1) is 0 Å². The Kier molecular flexibility index (Phi) is 5.53. The highest BCUT2D eigenvalue weighted by Gasteiger charge is 2.32. The molecule has 1 amide bonds. The van der Waals surface area contributed by atoms with Gasteiger partial charge in [0.2, 0.25) is 0 Å². The molecule has 2 rings (SSSR count). The van der Waals surface area contributed by atoms with Crippen LogP contribution in [0.2, 0.25) is 0 Å². The Balaban J connectivity index is 1.97. The fraction of sp³-hybridized carbons (Fsp3) is 0.688. The van der Waals surface area contributed by atoms with E-state index in [9.17, 15) is 4.79 Å². The zero-order valence-electron chi connectivity index (χ0n) is 13.2. The molecule has 5 heteroatoms. The van der Waals surface area contributed by atoms with Gasteiger partial charge in [-0.2, -0.15) is 0 Å². The van der Waals surface area contributed by atoms with Crippen LogP contribution in [0.3, 0.4) is 0 Å². The van der Waals surface area contributed by atoms with Crippen LogP contribution < -0.4 is 10.6 Å². The average molecular weight is 290 g/mol. The number of hydrogen-bond donors (Lipinski definition) is 2. The molecule has 0 spiro atoms. The van der Waals surface area contributed by atoms with Crippen molar-refractivity contribution in [3.05, 3.63) is 18.1 Å². The summed E-state index contributed by atoms with van der Waals surface area (Å²) in [6.07, 6.45) is 7.64. The lowest BCUT2D eigenvalue weighted by molar-refractivity contribution is 0.0921. The maximum absolute atomic E-state index is 12.3. The maximum Gasteiger partial charge on any atom is 0.271 e. The molecule has 3 unspecified atom stereocenters. The number of hydrogen-bond acceptors (Lipinski definition) is 4. The van der Waals surface area contributed by atoms with E-state index in [4.69, 9.17) is 0 Å². The number of amides is 1. The minimum Gasteiger partial charge on any atom is -0.369 e. The highest BCUT2D eigenvalue weighted by atomic mass is 16.2. The summed E-state index contributed by atoms with van der Waals surface area (Å²) >= 11 is 0. The molecule has 116 valence electrons. The fourth-order valence-corrected chi connectivity index (χ4v) is 3.08. The van der Waals surface area contributed by atoms with Gasteiger partial charge >= 0.3 is 0 Å². The van der Waals surface area contributed by atoms with Crippen LogP contribution in [-0.2, 0) is 0 Å². The Labute approximate surface area is 127 Å². The van der Waals surface area contributed by atoms with Gasteiger partial charge in [0, 0.05) is 12.6 Å². The number of rotatable bonds is 6. The summed E-state index contributed by atoms with van der Waals surface area (Å²) < 4.78 is 0. The third-order valence-corrected chi connectivity index (χ3v) is 4.49. The SMILES string of the molecule is CCCNc1cncc(C(=O)NC2CCC(CC)C2C)n1. The third-order valence-electron chi connectivity index (χ3n) is 4.49. The van der Waals surface area contributed by atoms with Gasteiger partial charge in [0.05, 0.1) is 12.4 Å². The van der Waals surface area contributed by atoms with Crippen LogP contribution in [0.1, 0.15) is 56.9 Å². The normalized spacial score (nSPS) is 24.8. The van der Waals surface area contributed by atoms with E-state index in [0.717, 1.165) is 25.3 Å². The van der Waals surface area contributed by atoms with E-state index in [1.165, 1.54) is 19.0 Å². The number of carbonyl (C=O) groups excluding carboxylic acids is 1. The zero-order chi connectivity index (χ0) is 15.2. The standard InChI is InChI=1S/C16H26N4O/c1-4-8-18-15-10-17-9-14(19-15)16(21)20-13-7-6-12(5-2)11(13)3/h9-13H,4-8H2,1-3H3,(H,18,19)(H,20,21). The first-order valence-electron chi connectivity index (χ1n) is 8.02. The maximum atomic E-state index is 12.3. The number of nitrogens with one attached hydrogen (secondary N) is 2. The summed E-state index contributed by atoms with van der Waals surface area (Å²) in [4.78, 5) is 20.8. The molecule has 5 nitrogen and oxygen atoms in total. The topological polar surface area (TPSA) is 66.9 Å². The van der Waals surface area contributed by atoms with Crippen LogP contribution >= 0.6 is 0 Å². The fourth-order valence-electron chi connectivity index (χ4n) is 3.08. The number of anilines is 1. The molecule has 3 atom stereocenters. The summed E-state index contributed by atoms with van der Waals surface area (Å²) in [5.41, 5.74) is 0.392. The van der Waals surface area contributed by atoms with Gasteiger partial charge in [-0.05, 0) is 31.1 Å². The van der Waals surface area contributed by atoms with Crippen molar-refractivity contribution >= 4 is 11.7 Å². The van der Waals surface area contributed by atoms with Crippen LogP contribution in [-0.4, -0.2) is 28.5 Å². The minimum absolute atomic E-state index is 0.115. The molecule has 0 saturated heterocycles. The van der Waals surface area contributed by atoms with Crippen molar-refractivity contribution in [2.45, 2.75) is 52.5 Å². The second-order valence-corrected chi connectivity index (χ2v) is 5.90. The monoisotopic (exact) mass is 290 g/mol. The first kappa shape index (κ1) is 15.7. The molecule has 1 aromatic rings. The molecule has 1 aliphatic rings. The van der Waals surface area contributed by atoms with Crippen molar-refractivity contribution in [1.29, 1.82) is 0 Å². The van der Waals surface area contributed by atoms with Gasteiger partial charge in [-0.1, -0.05) is 27.2 Å². The van der Waals surface area contributed by atoms with Gasteiger partial charge in [0.1, 0.15) is 11.5 Å². The summed E-state index contributed by atoms with van der Waals surface area (Å²) in [6.45, 7) is 7.37. The highest BCUT2D eigenvalue weighted by molar-refractivity contribution is 5.92. The smallest absolute Gasteiger partial charge is 0.271 e. The van der Waals surface area contributed by atoms with E-state index in [2.05, 4.69) is 41.4 Å². The van der Waals surface area contributed by atoms with Crippen molar-refractivity contribution in [2.75, 3.05) is 11.9 Å². The van der Waals surface area contributed by atoms with Crippen LogP contribution in [0.4, 0.5) is 5.82 Å². The molecule has 2 N–H and O–H groups in total. The summed E-state index contributed by atoms with van der Waals surface area (Å²) in [7, 11) is 0. The Morgan fingerprint density at radius 3 is 2.81 bits per heavy atom. The lowest BCUT2D eigenvalue weighted by atomic mass is 9.93. The van der Waals surface area contributed by atoms with E-state index in [-0.39, 0.29) is 11.9 Å². The van der Waals surface area contributed by atoms with Gasteiger partial charge in [-0.3, -0.25) is 9.78 Å². The number of carbonyl (C=O) groups is 1. The molecule has 0 aliphatic heterocycles. The number of aromatic nitrogens is 2. The highest BCUT2D eigenvalue weighted by Crippen LogP contribution is 2.33. The quantitative estimate of drug-likeness (QED) is 0.845. The molecule has 21 heavy (non-hydrogen) atoms. The molecular formula is C16H26N4O. The van der Waals surface area contributed by atoms with Crippen molar-refractivity contribution < 1.29 is 4.79 Å². The van der Waals surface area contributed by atoms with Gasteiger partial charge in [0.25, 0.3) is 5.91 Å². The Morgan fingerprint density at radius 1 is 1.33 bits per heavy atom. The summed E-state index contributed by atoms with van der Waals surface area (Å²) in [5, 5.41) is 6.28. The molecular weight excluding hydrogens is 264 g/mol. The predicted molar refractivity (Wildman–Crippen MR) is 84.2 cm³/mol. The molecule has 1 fully saturated rings. The van der Waals surface area contributed by atoms with Crippen LogP contribution in [0, 0.1) is 11.8 Å². The summed E-state index contributed by atoms with van der Waals surface area (Å²) in [5.74, 6) is 1.80.